The number of halogens is 6. The molecule has 2 aliphatic heterocycles. The normalized spacial score (nSPS) is 18.6. The van der Waals surface area contributed by atoms with Gasteiger partial charge in [0.15, 0.2) is 0 Å². The molecule has 2 aromatic carbocycles. The molecular formula is C34H31F6N3O6S2. The molecule has 17 heteroatoms. The van der Waals surface area contributed by atoms with Gasteiger partial charge in [-0.15, -0.1) is 11.3 Å². The molecule has 2 fully saturated rings. The van der Waals surface area contributed by atoms with E-state index in [2.05, 4.69) is 10.6 Å². The Morgan fingerprint density at radius 1 is 1.00 bits per heavy atom. The molecular weight excluding hydrogens is 725 g/mol. The second-order valence-corrected chi connectivity index (χ2v) is 14.6. The third kappa shape index (κ3) is 9.58. The van der Waals surface area contributed by atoms with E-state index in [1.54, 1.807) is 20.8 Å². The number of alkyl halides is 6. The van der Waals surface area contributed by atoms with Crippen molar-refractivity contribution < 1.29 is 55.0 Å². The Labute approximate surface area is 296 Å². The fourth-order valence-electron chi connectivity index (χ4n) is 5.20. The molecule has 1 aromatic heterocycles. The number of morpholine rings is 1. The van der Waals surface area contributed by atoms with E-state index >= 15 is 0 Å². The van der Waals surface area contributed by atoms with Crippen molar-refractivity contribution in [1.29, 1.82) is 0 Å². The van der Waals surface area contributed by atoms with Gasteiger partial charge < -0.3 is 20.1 Å². The lowest BCUT2D eigenvalue weighted by Gasteiger charge is -2.30. The highest BCUT2D eigenvalue weighted by molar-refractivity contribution is 8.18. The molecule has 0 bridgehead atoms. The first kappa shape index (κ1) is 38.1. The van der Waals surface area contributed by atoms with Crippen LogP contribution in [0, 0.1) is 0 Å². The summed E-state index contributed by atoms with van der Waals surface area (Å²) in [6.45, 7) is 6.29. The molecule has 2 aliphatic rings. The summed E-state index contributed by atoms with van der Waals surface area (Å²) >= 11 is 1.48. The molecule has 1 unspecified atom stereocenters. The smallest absolute Gasteiger partial charge is 0.416 e. The lowest BCUT2D eigenvalue weighted by atomic mass is 10.0. The molecule has 2 atom stereocenters. The van der Waals surface area contributed by atoms with Gasteiger partial charge in [-0.1, -0.05) is 0 Å². The SMILES string of the molecule is CC(C)(C)OC(=O)c1ccc(NC(=O)[C@H](CC2COCCN2)N2C(=O)S/C(=C\c3cc(-c4cc(C(F)(F)F)cc(C(F)(F)F)c4)cs3)C2=O)cc1. The van der Waals surface area contributed by atoms with Crippen molar-refractivity contribution in [2.45, 2.75) is 57.2 Å². The number of benzene rings is 2. The van der Waals surface area contributed by atoms with Crippen LogP contribution >= 0.6 is 23.1 Å². The number of amides is 3. The van der Waals surface area contributed by atoms with Crippen LogP contribution in [0.2, 0.25) is 0 Å². The Kier molecular flexibility index (Phi) is 11.0. The Bertz CT molecular complexity index is 1810. The van der Waals surface area contributed by atoms with Gasteiger partial charge >= 0.3 is 18.3 Å². The van der Waals surface area contributed by atoms with Gasteiger partial charge in [0.25, 0.3) is 11.1 Å². The molecule has 0 saturated carbocycles. The minimum atomic E-state index is -5.03. The van der Waals surface area contributed by atoms with Crippen LogP contribution in [0.5, 0.6) is 0 Å². The van der Waals surface area contributed by atoms with E-state index in [-0.39, 0.29) is 51.3 Å². The molecule has 3 heterocycles. The summed E-state index contributed by atoms with van der Waals surface area (Å²) in [5.41, 5.74) is -3.43. The van der Waals surface area contributed by atoms with Crippen molar-refractivity contribution in [3.63, 3.8) is 0 Å². The van der Waals surface area contributed by atoms with E-state index in [1.165, 1.54) is 41.8 Å². The van der Waals surface area contributed by atoms with Gasteiger partial charge in [-0.25, -0.2) is 4.79 Å². The molecule has 0 spiro atoms. The molecule has 272 valence electrons. The molecule has 5 rings (SSSR count). The highest BCUT2D eigenvalue weighted by Gasteiger charge is 2.44. The van der Waals surface area contributed by atoms with Gasteiger partial charge in [0.1, 0.15) is 11.6 Å². The van der Waals surface area contributed by atoms with Gasteiger partial charge in [-0.3, -0.25) is 19.3 Å². The van der Waals surface area contributed by atoms with Crippen molar-refractivity contribution in [3.05, 3.63) is 80.4 Å². The van der Waals surface area contributed by atoms with Gasteiger partial charge in [-0.05, 0) is 110 Å². The van der Waals surface area contributed by atoms with Crippen molar-refractivity contribution in [2.24, 2.45) is 0 Å². The lowest BCUT2D eigenvalue weighted by molar-refractivity contribution is -0.143. The maximum atomic E-state index is 13.7. The highest BCUT2D eigenvalue weighted by atomic mass is 32.2. The molecule has 51 heavy (non-hydrogen) atoms. The van der Waals surface area contributed by atoms with Gasteiger partial charge in [-0.2, -0.15) is 26.3 Å². The van der Waals surface area contributed by atoms with E-state index in [9.17, 15) is 45.5 Å². The Morgan fingerprint density at radius 2 is 1.65 bits per heavy atom. The second-order valence-electron chi connectivity index (χ2n) is 12.6. The Morgan fingerprint density at radius 3 is 2.22 bits per heavy atom. The summed E-state index contributed by atoms with van der Waals surface area (Å²) in [4.78, 5) is 54.0. The second kappa shape index (κ2) is 14.8. The fourth-order valence-corrected chi connectivity index (χ4v) is 6.99. The van der Waals surface area contributed by atoms with Gasteiger partial charge in [0.05, 0.1) is 34.8 Å². The third-order valence-corrected chi connectivity index (χ3v) is 9.31. The van der Waals surface area contributed by atoms with Crippen molar-refractivity contribution in [3.8, 4) is 11.1 Å². The summed E-state index contributed by atoms with van der Waals surface area (Å²) in [5, 5.41) is 6.46. The zero-order valence-corrected chi connectivity index (χ0v) is 28.9. The Hall–Kier alpha value is -4.19. The summed E-state index contributed by atoms with van der Waals surface area (Å²) < 4.78 is 91.4. The molecule has 3 amide bonds. The summed E-state index contributed by atoms with van der Waals surface area (Å²) in [6, 6.07) is 6.71. The first-order valence-electron chi connectivity index (χ1n) is 15.4. The number of nitrogens with zero attached hydrogens (tertiary/aromatic N) is 1. The number of carbonyl (C=O) groups excluding carboxylic acids is 4. The van der Waals surface area contributed by atoms with Crippen LogP contribution in [0.1, 0.15) is 53.6 Å². The molecule has 0 radical (unpaired) electrons. The molecule has 2 N–H and O–H groups in total. The van der Waals surface area contributed by atoms with E-state index in [0.717, 1.165) is 16.2 Å². The largest absolute Gasteiger partial charge is 0.456 e. The predicted octanol–water partition coefficient (Wildman–Crippen LogP) is 7.83. The first-order chi connectivity index (χ1) is 23.8. The number of hydrogen-bond donors (Lipinski definition) is 2. The topological polar surface area (TPSA) is 114 Å². The maximum Gasteiger partial charge on any atom is 0.416 e. The van der Waals surface area contributed by atoms with E-state index < -0.39 is 64.2 Å². The molecule has 9 nitrogen and oxygen atoms in total. The zero-order valence-electron chi connectivity index (χ0n) is 27.2. The predicted molar refractivity (Wildman–Crippen MR) is 179 cm³/mol. The van der Waals surface area contributed by atoms with Crippen LogP contribution < -0.4 is 10.6 Å². The molecule has 3 aromatic rings. The number of ether oxygens (including phenoxy) is 2. The van der Waals surface area contributed by atoms with E-state index in [4.69, 9.17) is 9.47 Å². The lowest BCUT2D eigenvalue weighted by Crippen LogP contribution is -2.52. The fraction of sp³-hybridized carbons (Fsp3) is 0.353. The van der Waals surface area contributed by atoms with Crippen molar-refractivity contribution >= 4 is 57.9 Å². The minimum absolute atomic E-state index is 0.00657. The number of hydrogen-bond acceptors (Lipinski definition) is 9. The van der Waals surface area contributed by atoms with Crippen LogP contribution in [0.25, 0.3) is 17.2 Å². The standard InChI is InChI=1S/C34H31F6N3O6S2/c1-32(2,3)49-30(46)18-4-6-23(7-5-18)42-28(44)26(14-24-16-48-9-8-41-24)43-29(45)27(51-31(43)47)15-25-12-20(17-50-25)19-10-21(33(35,36)37)13-22(11-19)34(38,39)40/h4-7,10-13,15,17,24,26,41H,8-9,14,16H2,1-3H3,(H,42,44)/b27-15-/t24?,26-/m0/s1. The van der Waals surface area contributed by atoms with Crippen LogP contribution in [0.4, 0.5) is 36.8 Å². The monoisotopic (exact) mass is 755 g/mol. The number of anilines is 1. The summed E-state index contributed by atoms with van der Waals surface area (Å²) in [7, 11) is 0. The number of esters is 1. The van der Waals surface area contributed by atoms with Crippen LogP contribution in [0.15, 0.2) is 58.8 Å². The van der Waals surface area contributed by atoms with Crippen molar-refractivity contribution in [1.82, 2.24) is 10.2 Å². The number of rotatable bonds is 8. The van der Waals surface area contributed by atoms with Crippen LogP contribution in [-0.2, 0) is 31.4 Å². The average molecular weight is 756 g/mol. The van der Waals surface area contributed by atoms with Crippen LogP contribution in [0.3, 0.4) is 0 Å². The summed E-state index contributed by atoms with van der Waals surface area (Å²) in [5.74, 6) is -2.07. The summed E-state index contributed by atoms with van der Waals surface area (Å²) in [6.07, 6.45) is -8.77. The maximum absolute atomic E-state index is 13.7. The van der Waals surface area contributed by atoms with E-state index in [0.29, 0.717) is 37.0 Å². The quantitative estimate of drug-likeness (QED) is 0.136. The van der Waals surface area contributed by atoms with Crippen LogP contribution in [-0.4, -0.2) is 65.4 Å². The highest BCUT2D eigenvalue weighted by Crippen LogP contribution is 2.41. The van der Waals surface area contributed by atoms with Crippen molar-refractivity contribution in [2.75, 3.05) is 25.1 Å². The number of carbonyl (C=O) groups is 4. The Balaban J connectivity index is 1.38. The van der Waals surface area contributed by atoms with Gasteiger partial charge in [0.2, 0.25) is 5.91 Å². The number of thiophene rings is 1. The average Bonchev–Trinajstić information content (AvgIpc) is 3.62. The molecule has 0 aliphatic carbocycles. The van der Waals surface area contributed by atoms with E-state index in [1.807, 2.05) is 0 Å². The van der Waals surface area contributed by atoms with Gasteiger partial charge in [0, 0.05) is 23.2 Å². The number of nitrogens with one attached hydrogen (secondary N) is 2. The first-order valence-corrected chi connectivity index (χ1v) is 17.1. The zero-order chi connectivity index (χ0) is 37.3. The number of imide groups is 1. The molecule has 2 saturated heterocycles. The number of thioether (sulfide) groups is 1. The minimum Gasteiger partial charge on any atom is -0.456 e. The third-order valence-electron chi connectivity index (χ3n) is 7.55.